The SMILES string of the molecule is CCn1cc(C(O)c2c(Br)nnn2C)cn1. The molecule has 0 fully saturated rings. The first-order chi connectivity index (χ1) is 7.63. The lowest BCUT2D eigenvalue weighted by atomic mass is 10.1. The molecule has 0 spiro atoms. The number of hydrogen-bond donors (Lipinski definition) is 1. The average molecular weight is 286 g/mol. The first-order valence-electron chi connectivity index (χ1n) is 4.89. The number of hydrogen-bond acceptors (Lipinski definition) is 4. The number of halogens is 1. The van der Waals surface area contributed by atoms with Gasteiger partial charge in [0, 0.05) is 25.4 Å². The van der Waals surface area contributed by atoms with Crippen molar-refractivity contribution in [2.24, 2.45) is 7.05 Å². The molecule has 0 radical (unpaired) electrons. The molecule has 7 heteroatoms. The van der Waals surface area contributed by atoms with Crippen LogP contribution in [0.5, 0.6) is 0 Å². The van der Waals surface area contributed by atoms with Crippen molar-refractivity contribution in [3.63, 3.8) is 0 Å². The van der Waals surface area contributed by atoms with Crippen molar-refractivity contribution in [3.8, 4) is 0 Å². The Kier molecular flexibility index (Phi) is 3.06. The summed E-state index contributed by atoms with van der Waals surface area (Å²) < 4.78 is 3.85. The maximum Gasteiger partial charge on any atom is 0.154 e. The molecule has 2 aromatic rings. The predicted molar refractivity (Wildman–Crippen MR) is 60.7 cm³/mol. The molecular weight excluding hydrogens is 274 g/mol. The van der Waals surface area contributed by atoms with Crippen LogP contribution in [0.15, 0.2) is 17.0 Å². The molecule has 0 aliphatic heterocycles. The summed E-state index contributed by atoms with van der Waals surface area (Å²) in [7, 11) is 1.74. The van der Waals surface area contributed by atoms with Gasteiger partial charge in [-0.25, -0.2) is 4.68 Å². The molecule has 2 heterocycles. The Balaban J connectivity index is 2.34. The first kappa shape index (κ1) is 11.3. The van der Waals surface area contributed by atoms with E-state index in [0.29, 0.717) is 10.3 Å². The standard InChI is InChI=1S/C9H12BrN5O/c1-3-15-5-6(4-11-15)8(16)7-9(10)12-13-14(7)2/h4-5,8,16H,3H2,1-2H3. The Hall–Kier alpha value is -1.21. The molecule has 86 valence electrons. The Morgan fingerprint density at radius 1 is 1.56 bits per heavy atom. The van der Waals surface area contributed by atoms with Gasteiger partial charge in [-0.2, -0.15) is 5.10 Å². The fraction of sp³-hybridized carbons (Fsp3) is 0.444. The summed E-state index contributed by atoms with van der Waals surface area (Å²) in [6, 6.07) is 0. The van der Waals surface area contributed by atoms with Crippen molar-refractivity contribution >= 4 is 15.9 Å². The smallest absolute Gasteiger partial charge is 0.154 e. The van der Waals surface area contributed by atoms with E-state index in [-0.39, 0.29) is 0 Å². The second kappa shape index (κ2) is 4.34. The highest BCUT2D eigenvalue weighted by atomic mass is 79.9. The zero-order valence-corrected chi connectivity index (χ0v) is 10.6. The molecule has 1 atom stereocenters. The number of aliphatic hydroxyl groups excluding tert-OH is 1. The molecule has 0 saturated heterocycles. The van der Waals surface area contributed by atoms with E-state index in [0.717, 1.165) is 12.1 Å². The molecule has 1 N–H and O–H groups in total. The Bertz CT molecular complexity index is 472. The Morgan fingerprint density at radius 3 is 2.81 bits per heavy atom. The third-order valence-corrected chi connectivity index (χ3v) is 2.94. The summed E-state index contributed by atoms with van der Waals surface area (Å²) in [6.45, 7) is 2.77. The molecule has 0 saturated carbocycles. The Labute approximate surface area is 101 Å². The molecule has 0 aliphatic carbocycles. The zero-order chi connectivity index (χ0) is 11.7. The topological polar surface area (TPSA) is 68.8 Å². The van der Waals surface area contributed by atoms with E-state index in [4.69, 9.17) is 0 Å². The van der Waals surface area contributed by atoms with Gasteiger partial charge in [-0.1, -0.05) is 5.21 Å². The van der Waals surface area contributed by atoms with E-state index in [1.807, 2.05) is 13.1 Å². The van der Waals surface area contributed by atoms with Gasteiger partial charge in [-0.05, 0) is 22.9 Å². The van der Waals surface area contributed by atoms with Gasteiger partial charge in [0.25, 0.3) is 0 Å². The average Bonchev–Trinajstić information content (AvgIpc) is 2.85. The summed E-state index contributed by atoms with van der Waals surface area (Å²) in [5.41, 5.74) is 1.35. The molecule has 0 aliphatic rings. The lowest BCUT2D eigenvalue weighted by Crippen LogP contribution is -2.06. The number of aryl methyl sites for hydroxylation is 2. The van der Waals surface area contributed by atoms with Gasteiger partial charge in [0.15, 0.2) is 4.60 Å². The van der Waals surface area contributed by atoms with Crippen LogP contribution in [0, 0.1) is 0 Å². The molecular formula is C9H12BrN5O. The van der Waals surface area contributed by atoms with Crippen molar-refractivity contribution in [1.29, 1.82) is 0 Å². The van der Waals surface area contributed by atoms with E-state index >= 15 is 0 Å². The van der Waals surface area contributed by atoms with Crippen LogP contribution in [0.1, 0.15) is 24.3 Å². The quantitative estimate of drug-likeness (QED) is 0.909. The predicted octanol–water partition coefficient (Wildman–Crippen LogP) is 0.876. The summed E-state index contributed by atoms with van der Waals surface area (Å²) in [6.07, 6.45) is 2.69. The molecule has 0 bridgehead atoms. The Morgan fingerprint density at radius 2 is 2.31 bits per heavy atom. The summed E-state index contributed by atoms with van der Waals surface area (Å²) in [5, 5.41) is 21.9. The van der Waals surface area contributed by atoms with Crippen LogP contribution in [0.2, 0.25) is 0 Å². The van der Waals surface area contributed by atoms with Crippen LogP contribution >= 0.6 is 15.9 Å². The number of nitrogens with zero attached hydrogens (tertiary/aromatic N) is 5. The van der Waals surface area contributed by atoms with Crippen LogP contribution in [-0.2, 0) is 13.6 Å². The fourth-order valence-electron chi connectivity index (χ4n) is 1.48. The highest BCUT2D eigenvalue weighted by Gasteiger charge is 2.20. The summed E-state index contributed by atoms with van der Waals surface area (Å²) >= 11 is 3.26. The van der Waals surface area contributed by atoms with Gasteiger partial charge in [-0.15, -0.1) is 5.10 Å². The molecule has 1 unspecified atom stereocenters. The lowest BCUT2D eigenvalue weighted by molar-refractivity contribution is 0.209. The van der Waals surface area contributed by atoms with Gasteiger partial charge in [-0.3, -0.25) is 4.68 Å². The second-order valence-electron chi connectivity index (χ2n) is 3.42. The second-order valence-corrected chi connectivity index (χ2v) is 4.17. The minimum Gasteiger partial charge on any atom is -0.382 e. The summed E-state index contributed by atoms with van der Waals surface area (Å²) in [4.78, 5) is 0. The molecule has 2 aromatic heterocycles. The molecule has 0 amide bonds. The van der Waals surface area contributed by atoms with Crippen molar-refractivity contribution in [1.82, 2.24) is 24.8 Å². The van der Waals surface area contributed by atoms with Crippen LogP contribution in [-0.4, -0.2) is 29.9 Å². The minimum absolute atomic E-state index is 0.548. The number of rotatable bonds is 3. The molecule has 6 nitrogen and oxygen atoms in total. The van der Waals surface area contributed by atoms with Crippen LogP contribution < -0.4 is 0 Å². The van der Waals surface area contributed by atoms with Gasteiger partial charge < -0.3 is 5.11 Å². The zero-order valence-electron chi connectivity index (χ0n) is 9.00. The van der Waals surface area contributed by atoms with E-state index in [2.05, 4.69) is 31.3 Å². The van der Waals surface area contributed by atoms with Gasteiger partial charge in [0.05, 0.1) is 6.20 Å². The fourth-order valence-corrected chi connectivity index (χ4v) is 2.03. The van der Waals surface area contributed by atoms with Crippen LogP contribution in [0.25, 0.3) is 0 Å². The molecule has 2 rings (SSSR count). The van der Waals surface area contributed by atoms with E-state index in [9.17, 15) is 5.11 Å². The van der Waals surface area contributed by atoms with Crippen LogP contribution in [0.4, 0.5) is 0 Å². The van der Waals surface area contributed by atoms with Crippen LogP contribution in [0.3, 0.4) is 0 Å². The normalized spacial score (nSPS) is 13.0. The highest BCUT2D eigenvalue weighted by molar-refractivity contribution is 9.10. The van der Waals surface area contributed by atoms with Crippen molar-refractivity contribution in [2.75, 3.05) is 0 Å². The highest BCUT2D eigenvalue weighted by Crippen LogP contribution is 2.25. The minimum atomic E-state index is -0.769. The van der Waals surface area contributed by atoms with E-state index < -0.39 is 6.10 Å². The number of aliphatic hydroxyl groups is 1. The van der Waals surface area contributed by atoms with Crippen molar-refractivity contribution in [3.05, 3.63) is 28.3 Å². The van der Waals surface area contributed by atoms with E-state index in [1.165, 1.54) is 4.68 Å². The van der Waals surface area contributed by atoms with Crippen molar-refractivity contribution < 1.29 is 5.11 Å². The molecule has 16 heavy (non-hydrogen) atoms. The van der Waals surface area contributed by atoms with Crippen molar-refractivity contribution in [2.45, 2.75) is 19.6 Å². The molecule has 0 aromatic carbocycles. The lowest BCUT2D eigenvalue weighted by Gasteiger charge is -2.08. The van der Waals surface area contributed by atoms with Gasteiger partial charge >= 0.3 is 0 Å². The van der Waals surface area contributed by atoms with E-state index in [1.54, 1.807) is 17.9 Å². The maximum absolute atomic E-state index is 10.2. The third-order valence-electron chi connectivity index (χ3n) is 2.38. The number of aromatic nitrogens is 5. The maximum atomic E-state index is 10.2. The van der Waals surface area contributed by atoms with Gasteiger partial charge in [0.2, 0.25) is 0 Å². The van der Waals surface area contributed by atoms with Gasteiger partial charge in [0.1, 0.15) is 11.8 Å². The largest absolute Gasteiger partial charge is 0.382 e. The first-order valence-corrected chi connectivity index (χ1v) is 5.68. The monoisotopic (exact) mass is 285 g/mol. The third kappa shape index (κ3) is 1.88. The summed E-state index contributed by atoms with van der Waals surface area (Å²) in [5.74, 6) is 0.